The second-order valence-electron chi connectivity index (χ2n) is 3.21. The molecule has 8 heteroatoms. The molecular formula is C9H14N2O5S. The zero-order chi connectivity index (χ0) is 13.1. The Morgan fingerprint density at radius 3 is 2.76 bits per heavy atom. The molecular weight excluding hydrogens is 248 g/mol. The molecule has 0 atom stereocenters. The highest BCUT2D eigenvalue weighted by molar-refractivity contribution is 7.89. The summed E-state index contributed by atoms with van der Waals surface area (Å²) in [5.74, 6) is -0.763. The molecule has 3 N–H and O–H groups in total. The van der Waals surface area contributed by atoms with Crippen LogP contribution in [0.1, 0.15) is 16.3 Å². The Bertz CT molecular complexity index is 505. The molecule has 0 bridgehead atoms. The SMILES string of the molecule is COC(=O)c1cc(S(=O)(=O)NCCN)c(C)o1. The third-order valence-electron chi connectivity index (χ3n) is 1.98. The minimum absolute atomic E-state index is 0.0913. The number of aryl methyl sites for hydroxylation is 1. The van der Waals surface area contributed by atoms with Crippen molar-refractivity contribution in [3.8, 4) is 0 Å². The number of ether oxygens (including phenoxy) is 1. The lowest BCUT2D eigenvalue weighted by Crippen LogP contribution is -2.29. The molecule has 0 saturated carbocycles. The standard InChI is InChI=1S/C9H14N2O5S/c1-6-8(17(13,14)11-4-3-10)5-7(16-6)9(12)15-2/h5,11H,3-4,10H2,1-2H3. The fourth-order valence-electron chi connectivity index (χ4n) is 1.20. The van der Waals surface area contributed by atoms with Crippen molar-refractivity contribution < 1.29 is 22.4 Å². The van der Waals surface area contributed by atoms with E-state index in [4.69, 9.17) is 10.2 Å². The molecule has 1 aromatic heterocycles. The first-order valence-electron chi connectivity index (χ1n) is 4.81. The van der Waals surface area contributed by atoms with Gasteiger partial charge in [0.25, 0.3) is 0 Å². The van der Waals surface area contributed by atoms with Gasteiger partial charge in [-0.05, 0) is 6.92 Å². The van der Waals surface area contributed by atoms with E-state index in [1.54, 1.807) is 0 Å². The van der Waals surface area contributed by atoms with Gasteiger partial charge in [0.2, 0.25) is 15.8 Å². The number of nitrogens with one attached hydrogen (secondary N) is 1. The summed E-state index contributed by atoms with van der Waals surface area (Å²) in [5, 5.41) is 0. The lowest BCUT2D eigenvalue weighted by atomic mass is 10.4. The van der Waals surface area contributed by atoms with Crippen molar-refractivity contribution in [1.29, 1.82) is 0 Å². The molecule has 0 spiro atoms. The summed E-state index contributed by atoms with van der Waals surface area (Å²) in [5.41, 5.74) is 5.20. The van der Waals surface area contributed by atoms with Gasteiger partial charge in [-0.3, -0.25) is 0 Å². The molecule has 0 aliphatic rings. The van der Waals surface area contributed by atoms with E-state index in [2.05, 4.69) is 9.46 Å². The van der Waals surface area contributed by atoms with Gasteiger partial charge < -0.3 is 14.9 Å². The number of methoxy groups -OCH3 is 1. The second-order valence-corrected chi connectivity index (χ2v) is 4.94. The monoisotopic (exact) mass is 262 g/mol. The van der Waals surface area contributed by atoms with E-state index in [1.165, 1.54) is 14.0 Å². The number of carbonyl (C=O) groups is 1. The van der Waals surface area contributed by atoms with Crippen LogP contribution in [0.4, 0.5) is 0 Å². The highest BCUT2D eigenvalue weighted by atomic mass is 32.2. The second kappa shape index (κ2) is 5.30. The molecule has 0 aliphatic heterocycles. The van der Waals surface area contributed by atoms with Gasteiger partial charge in [-0.25, -0.2) is 17.9 Å². The van der Waals surface area contributed by atoms with Crippen LogP contribution in [0.15, 0.2) is 15.4 Å². The Morgan fingerprint density at radius 1 is 1.59 bits per heavy atom. The maximum absolute atomic E-state index is 11.8. The molecule has 1 heterocycles. The van der Waals surface area contributed by atoms with Gasteiger partial charge in [-0.15, -0.1) is 0 Å². The average molecular weight is 262 g/mol. The van der Waals surface area contributed by atoms with Crippen molar-refractivity contribution in [2.75, 3.05) is 20.2 Å². The topological polar surface area (TPSA) is 112 Å². The molecule has 0 saturated heterocycles. The van der Waals surface area contributed by atoms with Crippen LogP contribution in [-0.4, -0.2) is 34.6 Å². The summed E-state index contributed by atoms with van der Waals surface area (Å²) in [6.45, 7) is 1.74. The predicted molar refractivity (Wildman–Crippen MR) is 59.0 cm³/mol. The largest absolute Gasteiger partial charge is 0.463 e. The highest BCUT2D eigenvalue weighted by Crippen LogP contribution is 2.20. The molecule has 96 valence electrons. The lowest BCUT2D eigenvalue weighted by Gasteiger charge is -2.02. The third kappa shape index (κ3) is 3.05. The van der Waals surface area contributed by atoms with Gasteiger partial charge in [0.05, 0.1) is 7.11 Å². The summed E-state index contributed by atoms with van der Waals surface area (Å²) in [6.07, 6.45) is 0. The van der Waals surface area contributed by atoms with Crippen LogP contribution in [0.5, 0.6) is 0 Å². The van der Waals surface area contributed by atoms with Crippen molar-refractivity contribution in [1.82, 2.24) is 4.72 Å². The van der Waals surface area contributed by atoms with Crippen molar-refractivity contribution in [3.05, 3.63) is 17.6 Å². The fourth-order valence-corrected chi connectivity index (χ4v) is 2.43. The van der Waals surface area contributed by atoms with Crippen molar-refractivity contribution in [2.24, 2.45) is 5.73 Å². The summed E-state index contributed by atoms with van der Waals surface area (Å²) in [7, 11) is -2.52. The van der Waals surface area contributed by atoms with Gasteiger partial charge in [-0.2, -0.15) is 0 Å². The van der Waals surface area contributed by atoms with E-state index in [0.717, 1.165) is 6.07 Å². The van der Waals surface area contributed by atoms with Gasteiger partial charge in [0.15, 0.2) is 0 Å². The molecule has 7 nitrogen and oxygen atoms in total. The van der Waals surface area contributed by atoms with Crippen LogP contribution in [-0.2, 0) is 14.8 Å². The molecule has 0 unspecified atom stereocenters. The van der Waals surface area contributed by atoms with Crippen LogP contribution in [0.3, 0.4) is 0 Å². The van der Waals surface area contributed by atoms with E-state index < -0.39 is 16.0 Å². The smallest absolute Gasteiger partial charge is 0.373 e. The Kier molecular flexibility index (Phi) is 4.27. The van der Waals surface area contributed by atoms with Crippen LogP contribution in [0.25, 0.3) is 0 Å². The first-order chi connectivity index (χ1) is 7.92. The molecule has 0 aliphatic carbocycles. The van der Waals surface area contributed by atoms with Crippen LogP contribution in [0, 0.1) is 6.92 Å². The molecule has 0 radical (unpaired) electrons. The number of nitrogens with two attached hydrogens (primary N) is 1. The number of rotatable bonds is 5. The van der Waals surface area contributed by atoms with E-state index in [1.807, 2.05) is 0 Å². The van der Waals surface area contributed by atoms with Crippen LogP contribution >= 0.6 is 0 Å². The number of hydrogen-bond donors (Lipinski definition) is 2. The Balaban J connectivity index is 3.07. The first kappa shape index (κ1) is 13.7. The zero-order valence-corrected chi connectivity index (χ0v) is 10.3. The number of carbonyl (C=O) groups excluding carboxylic acids is 1. The lowest BCUT2D eigenvalue weighted by molar-refractivity contribution is 0.0563. The van der Waals surface area contributed by atoms with E-state index in [-0.39, 0.29) is 29.5 Å². The number of sulfonamides is 1. The quantitative estimate of drug-likeness (QED) is 0.699. The van der Waals surface area contributed by atoms with Gasteiger partial charge in [0, 0.05) is 19.2 Å². The molecule has 0 amide bonds. The van der Waals surface area contributed by atoms with Gasteiger partial charge >= 0.3 is 5.97 Å². The minimum atomic E-state index is -3.71. The summed E-state index contributed by atoms with van der Waals surface area (Å²) in [4.78, 5) is 11.1. The average Bonchev–Trinajstić information content (AvgIpc) is 2.68. The zero-order valence-electron chi connectivity index (χ0n) is 9.52. The van der Waals surface area contributed by atoms with Crippen molar-refractivity contribution >= 4 is 16.0 Å². The van der Waals surface area contributed by atoms with Gasteiger partial charge in [0.1, 0.15) is 10.7 Å². The highest BCUT2D eigenvalue weighted by Gasteiger charge is 2.23. The molecule has 1 aromatic rings. The molecule has 0 fully saturated rings. The first-order valence-corrected chi connectivity index (χ1v) is 6.29. The normalized spacial score (nSPS) is 11.5. The van der Waals surface area contributed by atoms with Crippen molar-refractivity contribution in [3.63, 3.8) is 0 Å². The van der Waals surface area contributed by atoms with E-state index >= 15 is 0 Å². The summed E-state index contributed by atoms with van der Waals surface area (Å²) < 4.78 is 35.2. The van der Waals surface area contributed by atoms with Crippen LogP contribution < -0.4 is 10.5 Å². The molecule has 1 rings (SSSR count). The van der Waals surface area contributed by atoms with Crippen molar-refractivity contribution in [2.45, 2.75) is 11.8 Å². The maximum atomic E-state index is 11.8. The van der Waals surface area contributed by atoms with Gasteiger partial charge in [-0.1, -0.05) is 0 Å². The number of esters is 1. The number of furan rings is 1. The summed E-state index contributed by atoms with van der Waals surface area (Å²) >= 11 is 0. The Labute approximate surface area is 99.0 Å². The minimum Gasteiger partial charge on any atom is -0.463 e. The Morgan fingerprint density at radius 2 is 2.24 bits per heavy atom. The molecule has 17 heavy (non-hydrogen) atoms. The predicted octanol–water partition coefficient (Wildman–Crippen LogP) is -0.388. The molecule has 0 aromatic carbocycles. The maximum Gasteiger partial charge on any atom is 0.373 e. The summed E-state index contributed by atoms with van der Waals surface area (Å²) in [6, 6.07) is 1.13. The third-order valence-corrected chi connectivity index (χ3v) is 3.55. The van der Waals surface area contributed by atoms with Crippen LogP contribution in [0.2, 0.25) is 0 Å². The number of hydrogen-bond acceptors (Lipinski definition) is 6. The fraction of sp³-hybridized carbons (Fsp3) is 0.444. The Hall–Kier alpha value is -1.38. The van der Waals surface area contributed by atoms with E-state index in [0.29, 0.717) is 0 Å². The van der Waals surface area contributed by atoms with E-state index in [9.17, 15) is 13.2 Å².